The first-order valence-electron chi connectivity index (χ1n) is 10.7. The Morgan fingerprint density at radius 2 is 1.94 bits per heavy atom. The first-order chi connectivity index (χ1) is 15.1. The maximum absolute atomic E-state index is 13.5. The van der Waals surface area contributed by atoms with Crippen molar-refractivity contribution in [3.05, 3.63) is 61.8 Å². The number of halogens is 2. The predicted octanol–water partition coefficient (Wildman–Crippen LogP) is 3.32. The lowest BCUT2D eigenvalue weighted by molar-refractivity contribution is 0.0132. The lowest BCUT2D eigenvalue weighted by atomic mass is 9.81. The van der Waals surface area contributed by atoms with Crippen molar-refractivity contribution < 1.29 is 19.1 Å². The summed E-state index contributed by atoms with van der Waals surface area (Å²) in [5.74, 6) is -1.96. The second kappa shape index (κ2) is 7.07. The van der Waals surface area contributed by atoms with Gasteiger partial charge in [-0.1, -0.05) is 31.5 Å². The second-order valence-electron chi connectivity index (χ2n) is 9.42. The minimum atomic E-state index is -0.713. The number of carbonyl (C=O) groups is 2. The molecule has 3 aliphatic heterocycles. The van der Waals surface area contributed by atoms with Crippen molar-refractivity contribution in [1.29, 1.82) is 0 Å². The third-order valence-electron chi connectivity index (χ3n) is 6.90. The van der Waals surface area contributed by atoms with Gasteiger partial charge in [0.2, 0.25) is 0 Å². The summed E-state index contributed by atoms with van der Waals surface area (Å²) in [7, 11) is 0. The van der Waals surface area contributed by atoms with Gasteiger partial charge in [-0.25, -0.2) is 4.39 Å². The van der Waals surface area contributed by atoms with Crippen molar-refractivity contribution >= 4 is 23.4 Å². The molecule has 0 radical (unpaired) electrons. The molecule has 7 nitrogen and oxygen atoms in total. The van der Waals surface area contributed by atoms with Crippen molar-refractivity contribution in [2.75, 3.05) is 13.1 Å². The second-order valence-corrected chi connectivity index (χ2v) is 9.82. The number of benzene rings is 1. The van der Waals surface area contributed by atoms with E-state index < -0.39 is 29.2 Å². The number of hydrogen-bond donors (Lipinski definition) is 1. The third kappa shape index (κ3) is 2.88. The molecule has 1 fully saturated rings. The first kappa shape index (κ1) is 21.0. The molecule has 0 bridgehead atoms. The minimum Gasteiger partial charge on any atom is -0.502 e. The number of piperidine rings is 1. The van der Waals surface area contributed by atoms with Crippen molar-refractivity contribution in [2.45, 2.75) is 45.8 Å². The quantitative estimate of drug-likeness (QED) is 0.746. The number of fused-ring (bicyclic) bond motifs is 5. The van der Waals surface area contributed by atoms with E-state index >= 15 is 0 Å². The summed E-state index contributed by atoms with van der Waals surface area (Å²) < 4.78 is 14.9. The van der Waals surface area contributed by atoms with E-state index in [4.69, 9.17) is 11.6 Å². The number of aromatic hydroxyl groups is 1. The van der Waals surface area contributed by atoms with Gasteiger partial charge in [0.15, 0.2) is 5.75 Å². The van der Waals surface area contributed by atoms with Gasteiger partial charge in [-0.15, -0.1) is 0 Å². The Labute approximate surface area is 189 Å². The van der Waals surface area contributed by atoms with Crippen LogP contribution in [0.2, 0.25) is 5.02 Å². The number of hydrogen-bond acceptors (Lipinski definition) is 4. The van der Waals surface area contributed by atoms with E-state index in [0.717, 1.165) is 12.8 Å². The van der Waals surface area contributed by atoms with Gasteiger partial charge in [0.25, 0.3) is 17.4 Å². The fourth-order valence-electron chi connectivity index (χ4n) is 5.40. The van der Waals surface area contributed by atoms with Crippen LogP contribution in [-0.2, 0) is 13.0 Å². The summed E-state index contributed by atoms with van der Waals surface area (Å²) in [5.41, 5.74) is 0.120. The topological polar surface area (TPSA) is 82.9 Å². The summed E-state index contributed by atoms with van der Waals surface area (Å²) in [6.45, 7) is 5.00. The SMILES string of the molecule is CC1(C)CCCN2C(=O)c3c4c(c(O)c(=O)n3C21)C(=O)N(Cc1ccc(F)c(Cl)c1)CC4. The standard InChI is InChI=1S/C23H23ClFN3O4/c1-23(2)7-3-8-27-20(31)17-13-6-9-26(11-12-4-5-15(25)14(24)10-12)19(30)16(13)18(29)21(32)28(17)22(23)27/h4-5,10,22,29H,3,6-9,11H2,1-2H3. The maximum Gasteiger partial charge on any atom is 0.295 e. The zero-order valence-corrected chi connectivity index (χ0v) is 18.6. The molecule has 168 valence electrons. The van der Waals surface area contributed by atoms with E-state index in [9.17, 15) is 23.9 Å². The van der Waals surface area contributed by atoms with E-state index in [-0.39, 0.29) is 34.1 Å². The van der Waals surface area contributed by atoms with Gasteiger partial charge in [-0.05, 0) is 37.0 Å². The number of aromatic nitrogens is 1. The summed E-state index contributed by atoms with van der Waals surface area (Å²) in [4.78, 5) is 43.0. The molecule has 5 rings (SSSR count). The van der Waals surface area contributed by atoms with Crippen molar-refractivity contribution in [3.8, 4) is 5.75 Å². The fraction of sp³-hybridized carbons (Fsp3) is 0.435. The average molecular weight is 460 g/mol. The van der Waals surface area contributed by atoms with Crippen LogP contribution in [0, 0.1) is 11.2 Å². The predicted molar refractivity (Wildman–Crippen MR) is 115 cm³/mol. The van der Waals surface area contributed by atoms with Gasteiger partial charge in [-0.3, -0.25) is 19.0 Å². The highest BCUT2D eigenvalue weighted by atomic mass is 35.5. The maximum atomic E-state index is 13.5. The van der Waals surface area contributed by atoms with E-state index in [0.29, 0.717) is 30.6 Å². The molecule has 2 amide bonds. The number of nitrogens with zero attached hydrogens (tertiary/aromatic N) is 3. The zero-order chi connectivity index (χ0) is 22.9. The van der Waals surface area contributed by atoms with Crippen LogP contribution in [0.15, 0.2) is 23.0 Å². The van der Waals surface area contributed by atoms with E-state index in [1.165, 1.54) is 27.7 Å². The Balaban J connectivity index is 1.59. The van der Waals surface area contributed by atoms with Crippen LogP contribution >= 0.6 is 11.6 Å². The Kier molecular flexibility index (Phi) is 4.64. The molecule has 0 saturated carbocycles. The highest BCUT2D eigenvalue weighted by Gasteiger charge is 2.50. The summed E-state index contributed by atoms with van der Waals surface area (Å²) >= 11 is 5.85. The molecule has 0 aliphatic carbocycles. The zero-order valence-electron chi connectivity index (χ0n) is 17.8. The van der Waals surface area contributed by atoms with Gasteiger partial charge in [0.05, 0.1) is 10.6 Å². The van der Waals surface area contributed by atoms with Gasteiger partial charge in [0, 0.05) is 30.6 Å². The number of carbonyl (C=O) groups excluding carboxylic acids is 2. The van der Waals surface area contributed by atoms with Crippen molar-refractivity contribution in [2.24, 2.45) is 5.41 Å². The summed E-state index contributed by atoms with van der Waals surface area (Å²) in [5, 5.41) is 10.8. The number of rotatable bonds is 2. The van der Waals surface area contributed by atoms with Crippen LogP contribution < -0.4 is 5.56 Å². The largest absolute Gasteiger partial charge is 0.502 e. The van der Waals surface area contributed by atoms with Gasteiger partial charge < -0.3 is 14.9 Å². The molecule has 1 atom stereocenters. The van der Waals surface area contributed by atoms with Crippen LogP contribution in [0.25, 0.3) is 0 Å². The van der Waals surface area contributed by atoms with Crippen LogP contribution in [0.3, 0.4) is 0 Å². The average Bonchev–Trinajstić information content (AvgIpc) is 3.04. The summed E-state index contributed by atoms with van der Waals surface area (Å²) in [6.07, 6.45) is 1.53. The molecular weight excluding hydrogens is 437 g/mol. The number of amides is 2. The van der Waals surface area contributed by atoms with Crippen LogP contribution in [0.5, 0.6) is 5.75 Å². The monoisotopic (exact) mass is 459 g/mol. The van der Waals surface area contributed by atoms with E-state index in [1.54, 1.807) is 4.90 Å². The van der Waals surface area contributed by atoms with E-state index in [1.807, 2.05) is 13.8 Å². The Hall–Kier alpha value is -2.87. The van der Waals surface area contributed by atoms with Gasteiger partial charge >= 0.3 is 0 Å². The molecule has 1 saturated heterocycles. The molecule has 1 N–H and O–H groups in total. The Morgan fingerprint density at radius 3 is 2.66 bits per heavy atom. The Bertz CT molecular complexity index is 1240. The molecule has 9 heteroatoms. The number of pyridine rings is 1. The molecular formula is C23H23ClFN3O4. The molecule has 32 heavy (non-hydrogen) atoms. The lowest BCUT2D eigenvalue weighted by Crippen LogP contribution is -2.45. The third-order valence-corrected chi connectivity index (χ3v) is 7.19. The normalized spacial score (nSPS) is 21.4. The lowest BCUT2D eigenvalue weighted by Gasteiger charge is -2.42. The molecule has 1 aromatic heterocycles. The highest BCUT2D eigenvalue weighted by molar-refractivity contribution is 6.30. The molecule has 1 aromatic carbocycles. The molecule has 0 spiro atoms. The Morgan fingerprint density at radius 1 is 1.19 bits per heavy atom. The van der Waals surface area contributed by atoms with Crippen LogP contribution in [0.4, 0.5) is 4.39 Å². The molecule has 3 aliphatic rings. The van der Waals surface area contributed by atoms with Crippen molar-refractivity contribution in [1.82, 2.24) is 14.4 Å². The summed E-state index contributed by atoms with van der Waals surface area (Å²) in [6, 6.07) is 4.21. The smallest absolute Gasteiger partial charge is 0.295 e. The van der Waals surface area contributed by atoms with E-state index in [2.05, 4.69) is 0 Å². The minimum absolute atomic E-state index is 0.0452. The first-order valence-corrected chi connectivity index (χ1v) is 11.0. The van der Waals surface area contributed by atoms with Crippen LogP contribution in [-0.4, -0.2) is 44.4 Å². The molecule has 1 unspecified atom stereocenters. The highest BCUT2D eigenvalue weighted by Crippen LogP contribution is 2.47. The van der Waals surface area contributed by atoms with Crippen LogP contribution in [0.1, 0.15) is 64.8 Å². The molecule has 4 heterocycles. The van der Waals surface area contributed by atoms with Gasteiger partial charge in [0.1, 0.15) is 17.7 Å². The molecule has 2 aromatic rings. The van der Waals surface area contributed by atoms with Crippen molar-refractivity contribution in [3.63, 3.8) is 0 Å². The van der Waals surface area contributed by atoms with Gasteiger partial charge in [-0.2, -0.15) is 0 Å². The fourth-order valence-corrected chi connectivity index (χ4v) is 5.60.